The van der Waals surface area contributed by atoms with E-state index >= 15 is 0 Å². The number of imidazole rings is 1. The van der Waals surface area contributed by atoms with Gasteiger partial charge >= 0.3 is 0 Å². The molecule has 22 heavy (non-hydrogen) atoms. The smallest absolute Gasteiger partial charge is 0.255 e. The number of anilines is 1. The molecule has 1 heterocycles. The maximum atomic E-state index is 12.3. The molecule has 3 aromatic rings. The Hall–Kier alpha value is -2.40. The van der Waals surface area contributed by atoms with Crippen LogP contribution < -0.4 is 5.32 Å². The molecule has 1 N–H and O–H groups in total. The van der Waals surface area contributed by atoms with Gasteiger partial charge in [0, 0.05) is 28.1 Å². The summed E-state index contributed by atoms with van der Waals surface area (Å²) >= 11 is 3.37. The second-order valence-electron chi connectivity index (χ2n) is 4.85. The van der Waals surface area contributed by atoms with E-state index in [1.165, 1.54) is 0 Å². The molecule has 0 aliphatic heterocycles. The Bertz CT molecular complexity index is 767. The van der Waals surface area contributed by atoms with Crippen molar-refractivity contribution < 1.29 is 4.79 Å². The molecule has 0 bridgehead atoms. The molecule has 2 aromatic carbocycles. The SMILES string of the molecule is O=C(Nc1ccccc1Cn1ccnc1)c1ccc(Br)cc1. The maximum absolute atomic E-state index is 12.3. The normalized spacial score (nSPS) is 10.4. The van der Waals surface area contributed by atoms with Gasteiger partial charge in [0.15, 0.2) is 0 Å². The lowest BCUT2D eigenvalue weighted by molar-refractivity contribution is 0.102. The Kier molecular flexibility index (Phi) is 4.34. The Morgan fingerprint density at radius 1 is 1.14 bits per heavy atom. The average Bonchev–Trinajstić information content (AvgIpc) is 3.03. The van der Waals surface area contributed by atoms with Crippen molar-refractivity contribution in [3.63, 3.8) is 0 Å². The number of carbonyl (C=O) groups excluding carboxylic acids is 1. The Morgan fingerprint density at radius 2 is 1.91 bits per heavy atom. The number of carbonyl (C=O) groups is 1. The summed E-state index contributed by atoms with van der Waals surface area (Å²) in [6.45, 7) is 0.663. The summed E-state index contributed by atoms with van der Waals surface area (Å²) in [7, 11) is 0. The zero-order valence-electron chi connectivity index (χ0n) is 11.7. The summed E-state index contributed by atoms with van der Waals surface area (Å²) in [5.41, 5.74) is 2.47. The van der Waals surface area contributed by atoms with Crippen LogP contribution >= 0.6 is 15.9 Å². The van der Waals surface area contributed by atoms with E-state index < -0.39 is 0 Å². The van der Waals surface area contributed by atoms with Crippen molar-refractivity contribution in [2.24, 2.45) is 0 Å². The molecule has 0 aliphatic rings. The van der Waals surface area contributed by atoms with Gasteiger partial charge in [-0.2, -0.15) is 0 Å². The van der Waals surface area contributed by atoms with Crippen molar-refractivity contribution in [2.45, 2.75) is 6.54 Å². The molecule has 3 rings (SSSR count). The molecule has 0 spiro atoms. The van der Waals surface area contributed by atoms with Crippen LogP contribution in [0.15, 0.2) is 71.7 Å². The quantitative estimate of drug-likeness (QED) is 0.770. The molecule has 110 valence electrons. The van der Waals surface area contributed by atoms with Gasteiger partial charge in [-0.15, -0.1) is 0 Å². The number of para-hydroxylation sites is 1. The number of nitrogens with one attached hydrogen (secondary N) is 1. The molecule has 0 saturated carbocycles. The first-order chi connectivity index (χ1) is 10.7. The third-order valence-corrected chi connectivity index (χ3v) is 3.81. The largest absolute Gasteiger partial charge is 0.333 e. The van der Waals surface area contributed by atoms with Crippen LogP contribution in [0.5, 0.6) is 0 Å². The van der Waals surface area contributed by atoms with E-state index in [1.54, 1.807) is 24.7 Å². The molecule has 0 aliphatic carbocycles. The molecule has 0 saturated heterocycles. The highest BCUT2D eigenvalue weighted by Crippen LogP contribution is 2.18. The topological polar surface area (TPSA) is 46.9 Å². The van der Waals surface area contributed by atoms with Crippen molar-refractivity contribution >= 4 is 27.5 Å². The van der Waals surface area contributed by atoms with E-state index in [4.69, 9.17) is 0 Å². The zero-order valence-corrected chi connectivity index (χ0v) is 13.3. The lowest BCUT2D eigenvalue weighted by atomic mass is 10.1. The van der Waals surface area contributed by atoms with Crippen molar-refractivity contribution in [1.29, 1.82) is 0 Å². The van der Waals surface area contributed by atoms with Crippen molar-refractivity contribution in [1.82, 2.24) is 9.55 Å². The summed E-state index contributed by atoms with van der Waals surface area (Å²) in [5, 5.41) is 2.97. The fourth-order valence-corrected chi connectivity index (χ4v) is 2.42. The third kappa shape index (κ3) is 3.43. The minimum atomic E-state index is -0.120. The number of nitrogens with zero attached hydrogens (tertiary/aromatic N) is 2. The van der Waals surface area contributed by atoms with Crippen LogP contribution in [0.2, 0.25) is 0 Å². The first-order valence-electron chi connectivity index (χ1n) is 6.83. The van der Waals surface area contributed by atoms with Gasteiger partial charge < -0.3 is 9.88 Å². The fourth-order valence-electron chi connectivity index (χ4n) is 2.15. The minimum Gasteiger partial charge on any atom is -0.333 e. The van der Waals surface area contributed by atoms with Gasteiger partial charge in [0.05, 0.1) is 12.9 Å². The summed E-state index contributed by atoms with van der Waals surface area (Å²) < 4.78 is 2.91. The van der Waals surface area contributed by atoms with Crippen LogP contribution in [0.25, 0.3) is 0 Å². The minimum absolute atomic E-state index is 0.120. The van der Waals surface area contributed by atoms with E-state index in [2.05, 4.69) is 26.2 Å². The van der Waals surface area contributed by atoms with Gasteiger partial charge in [-0.05, 0) is 35.9 Å². The molecule has 4 nitrogen and oxygen atoms in total. The fraction of sp³-hybridized carbons (Fsp3) is 0.0588. The predicted molar refractivity (Wildman–Crippen MR) is 89.9 cm³/mol. The standard InChI is InChI=1S/C17H14BrN3O/c18-15-7-5-13(6-8-15)17(22)20-16-4-2-1-3-14(16)11-21-10-9-19-12-21/h1-10,12H,11H2,(H,20,22). The van der Waals surface area contributed by atoms with E-state index in [0.29, 0.717) is 12.1 Å². The van der Waals surface area contributed by atoms with Crippen LogP contribution in [0.1, 0.15) is 15.9 Å². The second-order valence-corrected chi connectivity index (χ2v) is 5.77. The summed E-state index contributed by atoms with van der Waals surface area (Å²) in [6, 6.07) is 15.1. The van der Waals surface area contributed by atoms with Crippen LogP contribution in [0, 0.1) is 0 Å². The van der Waals surface area contributed by atoms with Gasteiger partial charge in [-0.1, -0.05) is 34.1 Å². The molecule has 0 unspecified atom stereocenters. The molecular formula is C17H14BrN3O. The van der Waals surface area contributed by atoms with Gasteiger partial charge in [0.2, 0.25) is 0 Å². The van der Waals surface area contributed by atoms with Gasteiger partial charge in [-0.3, -0.25) is 4.79 Å². The van der Waals surface area contributed by atoms with Crippen molar-refractivity contribution in [2.75, 3.05) is 5.32 Å². The number of halogens is 1. The zero-order chi connectivity index (χ0) is 15.4. The highest BCUT2D eigenvalue weighted by Gasteiger charge is 2.09. The van der Waals surface area contributed by atoms with Crippen molar-refractivity contribution in [3.05, 3.63) is 82.9 Å². The van der Waals surface area contributed by atoms with Gasteiger partial charge in [-0.25, -0.2) is 4.98 Å². The van der Waals surface area contributed by atoms with Crippen LogP contribution in [0.4, 0.5) is 5.69 Å². The van der Waals surface area contributed by atoms with E-state index in [-0.39, 0.29) is 5.91 Å². The predicted octanol–water partition coefficient (Wildman–Crippen LogP) is 3.95. The summed E-state index contributed by atoms with van der Waals surface area (Å²) in [5.74, 6) is -0.120. The number of rotatable bonds is 4. The summed E-state index contributed by atoms with van der Waals surface area (Å²) in [6.07, 6.45) is 5.39. The summed E-state index contributed by atoms with van der Waals surface area (Å²) in [4.78, 5) is 16.4. The molecule has 0 atom stereocenters. The van der Waals surface area contributed by atoms with Gasteiger partial charge in [0.1, 0.15) is 0 Å². The number of hydrogen-bond acceptors (Lipinski definition) is 2. The molecule has 0 fully saturated rings. The molecular weight excluding hydrogens is 342 g/mol. The molecule has 0 radical (unpaired) electrons. The Labute approximate surface area is 136 Å². The average molecular weight is 356 g/mol. The van der Waals surface area contributed by atoms with E-state index in [9.17, 15) is 4.79 Å². The monoisotopic (exact) mass is 355 g/mol. The first-order valence-corrected chi connectivity index (χ1v) is 7.62. The van der Waals surface area contributed by atoms with Crippen LogP contribution in [0.3, 0.4) is 0 Å². The van der Waals surface area contributed by atoms with Crippen LogP contribution in [-0.4, -0.2) is 15.5 Å². The van der Waals surface area contributed by atoms with Crippen molar-refractivity contribution in [3.8, 4) is 0 Å². The van der Waals surface area contributed by atoms with E-state index in [0.717, 1.165) is 15.7 Å². The molecule has 1 amide bonds. The Balaban J connectivity index is 1.80. The van der Waals surface area contributed by atoms with E-state index in [1.807, 2.05) is 47.2 Å². The highest BCUT2D eigenvalue weighted by atomic mass is 79.9. The molecule has 5 heteroatoms. The van der Waals surface area contributed by atoms with Crippen LogP contribution in [-0.2, 0) is 6.54 Å². The second kappa shape index (κ2) is 6.58. The lowest BCUT2D eigenvalue weighted by Crippen LogP contribution is -2.14. The number of aromatic nitrogens is 2. The molecule has 1 aromatic heterocycles. The number of hydrogen-bond donors (Lipinski definition) is 1. The lowest BCUT2D eigenvalue weighted by Gasteiger charge is -2.11. The number of amides is 1. The third-order valence-electron chi connectivity index (χ3n) is 3.28. The number of benzene rings is 2. The van der Waals surface area contributed by atoms with Gasteiger partial charge in [0.25, 0.3) is 5.91 Å². The first kappa shape index (κ1) is 14.5. The Morgan fingerprint density at radius 3 is 2.64 bits per heavy atom. The highest BCUT2D eigenvalue weighted by molar-refractivity contribution is 9.10. The maximum Gasteiger partial charge on any atom is 0.255 e.